The maximum absolute atomic E-state index is 13.1. The summed E-state index contributed by atoms with van der Waals surface area (Å²) < 4.78 is 3.80. The number of ketones is 1. The Morgan fingerprint density at radius 1 is 1.14 bits per heavy atom. The largest absolute Gasteiger partial charge is 0.332 e. The Hall–Kier alpha value is -3.49. The van der Waals surface area contributed by atoms with Gasteiger partial charge in [-0.25, -0.2) is 9.78 Å². The molecule has 0 radical (unpaired) electrons. The summed E-state index contributed by atoms with van der Waals surface area (Å²) >= 11 is 0. The van der Waals surface area contributed by atoms with Gasteiger partial charge in [0.05, 0.1) is 12.4 Å². The van der Waals surface area contributed by atoms with Crippen molar-refractivity contribution in [3.05, 3.63) is 56.5 Å². The summed E-state index contributed by atoms with van der Waals surface area (Å²) in [6, 6.07) is 4.61. The lowest BCUT2D eigenvalue weighted by Crippen LogP contribution is -2.38. The minimum atomic E-state index is -0.687. The van der Waals surface area contributed by atoms with Gasteiger partial charge in [-0.3, -0.25) is 23.5 Å². The molecule has 9 nitrogen and oxygen atoms in total. The smallest absolute Gasteiger partial charge is 0.314 e. The normalized spacial score (nSPS) is 14.3. The highest BCUT2D eigenvalue weighted by atomic mass is 16.2. The number of carbonyl (C=O) groups excluding carboxylic acids is 2. The van der Waals surface area contributed by atoms with E-state index in [-0.39, 0.29) is 22.9 Å². The van der Waals surface area contributed by atoms with Crippen molar-refractivity contribution < 1.29 is 9.59 Å². The first kappa shape index (κ1) is 18.9. The van der Waals surface area contributed by atoms with Crippen molar-refractivity contribution in [1.29, 1.82) is 0 Å². The number of anilines is 1. The second kappa shape index (κ2) is 6.54. The van der Waals surface area contributed by atoms with Crippen LogP contribution in [0.3, 0.4) is 0 Å². The predicted molar refractivity (Wildman–Crippen MR) is 107 cm³/mol. The van der Waals surface area contributed by atoms with Crippen molar-refractivity contribution in [1.82, 2.24) is 18.7 Å². The quantitative estimate of drug-likeness (QED) is 0.611. The Balaban J connectivity index is 1.76. The maximum Gasteiger partial charge on any atom is 0.332 e. The van der Waals surface area contributed by atoms with Gasteiger partial charge in [0.25, 0.3) is 5.56 Å². The van der Waals surface area contributed by atoms with Crippen LogP contribution in [0.1, 0.15) is 35.8 Å². The average molecular weight is 395 g/mol. The molecular formula is C20H21N5O4. The van der Waals surface area contributed by atoms with E-state index >= 15 is 0 Å². The number of hydrogen-bond donors (Lipinski definition) is 0. The highest BCUT2D eigenvalue weighted by Crippen LogP contribution is 2.30. The van der Waals surface area contributed by atoms with Crippen LogP contribution in [-0.4, -0.2) is 36.9 Å². The lowest BCUT2D eigenvalue weighted by molar-refractivity contribution is -0.116. The summed E-state index contributed by atoms with van der Waals surface area (Å²) in [4.78, 5) is 55.5. The summed E-state index contributed by atoms with van der Waals surface area (Å²) in [6.07, 6.45) is 2.11. The third kappa shape index (κ3) is 2.72. The van der Waals surface area contributed by atoms with Gasteiger partial charge in [-0.05, 0) is 37.1 Å². The number of imidazole rings is 1. The molecule has 1 aliphatic heterocycles. The molecule has 1 aromatic carbocycles. The highest BCUT2D eigenvalue weighted by molar-refractivity contribution is 6.01. The van der Waals surface area contributed by atoms with Crippen LogP contribution in [0.15, 0.2) is 34.1 Å². The van der Waals surface area contributed by atoms with Crippen LogP contribution in [0.2, 0.25) is 0 Å². The van der Waals surface area contributed by atoms with Crippen molar-refractivity contribution in [2.75, 3.05) is 11.4 Å². The lowest BCUT2D eigenvalue weighted by Gasteiger charge is -2.16. The van der Waals surface area contributed by atoms with Crippen LogP contribution in [-0.2, 0) is 25.3 Å². The number of aryl methyl sites for hydroxylation is 1. The molecule has 0 saturated heterocycles. The summed E-state index contributed by atoms with van der Waals surface area (Å²) in [6.45, 7) is 3.82. The molecular weight excluding hydrogens is 374 g/mol. The first-order valence-electron chi connectivity index (χ1n) is 9.30. The van der Waals surface area contributed by atoms with Crippen LogP contribution >= 0.6 is 0 Å². The summed E-state index contributed by atoms with van der Waals surface area (Å²) in [5.41, 5.74) is 1.77. The molecule has 3 heterocycles. The number of amides is 1. The summed E-state index contributed by atoms with van der Waals surface area (Å²) in [7, 11) is 2.93. The zero-order valence-electron chi connectivity index (χ0n) is 16.7. The monoisotopic (exact) mass is 395 g/mol. The standard InChI is InChI=1S/C20H21N5O4/c1-11(25-10-21-18-16(25)19(28)23(4)20(29)22(18)3)17(27)14-5-6-15-13(9-14)7-8-24(15)12(2)26/h5-6,9-11H,7-8H2,1-4H3/t11-/m1/s1. The van der Waals surface area contributed by atoms with Crippen LogP contribution in [0, 0.1) is 0 Å². The second-order valence-electron chi connectivity index (χ2n) is 7.33. The number of aromatic nitrogens is 4. The van der Waals surface area contributed by atoms with Gasteiger partial charge >= 0.3 is 5.69 Å². The zero-order chi connectivity index (χ0) is 21.0. The number of benzene rings is 1. The Morgan fingerprint density at radius 3 is 2.55 bits per heavy atom. The molecule has 9 heteroatoms. The molecule has 0 fully saturated rings. The number of carbonyl (C=O) groups is 2. The zero-order valence-corrected chi connectivity index (χ0v) is 16.7. The Labute approximate surface area is 165 Å². The van der Waals surface area contributed by atoms with Gasteiger partial charge in [0.1, 0.15) is 0 Å². The number of Topliss-reactive ketones (excluding diaryl/α,β-unsaturated/α-hetero) is 1. The van der Waals surface area contributed by atoms with Crippen LogP contribution < -0.4 is 16.1 Å². The molecule has 0 bridgehead atoms. The molecule has 1 atom stereocenters. The van der Waals surface area contributed by atoms with Crippen molar-refractivity contribution in [2.24, 2.45) is 14.1 Å². The summed E-state index contributed by atoms with van der Waals surface area (Å²) in [5, 5.41) is 0. The van der Waals surface area contributed by atoms with Crippen molar-refractivity contribution >= 4 is 28.5 Å². The van der Waals surface area contributed by atoms with Crippen molar-refractivity contribution in [2.45, 2.75) is 26.3 Å². The highest BCUT2D eigenvalue weighted by Gasteiger charge is 2.26. The molecule has 0 saturated carbocycles. The molecule has 150 valence electrons. The number of nitrogens with zero attached hydrogens (tertiary/aromatic N) is 5. The lowest BCUT2D eigenvalue weighted by atomic mass is 10.0. The molecule has 29 heavy (non-hydrogen) atoms. The van der Waals surface area contributed by atoms with Crippen molar-refractivity contribution in [3.8, 4) is 0 Å². The van der Waals surface area contributed by atoms with E-state index in [2.05, 4.69) is 4.98 Å². The minimum Gasteiger partial charge on any atom is -0.314 e. The number of rotatable bonds is 3. The molecule has 4 rings (SSSR count). The van der Waals surface area contributed by atoms with E-state index in [9.17, 15) is 19.2 Å². The van der Waals surface area contributed by atoms with Crippen LogP contribution in [0.25, 0.3) is 11.2 Å². The Morgan fingerprint density at radius 2 is 1.86 bits per heavy atom. The van der Waals surface area contributed by atoms with Crippen molar-refractivity contribution in [3.63, 3.8) is 0 Å². The fraction of sp³-hybridized carbons (Fsp3) is 0.350. The van der Waals surface area contributed by atoms with Gasteiger partial charge in [-0.1, -0.05) is 0 Å². The number of hydrogen-bond acceptors (Lipinski definition) is 5. The minimum absolute atomic E-state index is 0.0254. The first-order valence-corrected chi connectivity index (χ1v) is 9.30. The molecule has 2 aromatic heterocycles. The van der Waals surface area contributed by atoms with Crippen LogP contribution in [0.4, 0.5) is 5.69 Å². The molecule has 1 amide bonds. The van der Waals surface area contributed by atoms with E-state index in [1.165, 1.54) is 36.5 Å². The van der Waals surface area contributed by atoms with E-state index in [0.29, 0.717) is 18.5 Å². The van der Waals surface area contributed by atoms with Gasteiger partial charge in [-0.15, -0.1) is 0 Å². The fourth-order valence-electron chi connectivity index (χ4n) is 3.91. The Bertz CT molecular complexity index is 1300. The van der Waals surface area contributed by atoms with E-state index in [0.717, 1.165) is 15.8 Å². The first-order chi connectivity index (χ1) is 13.7. The second-order valence-corrected chi connectivity index (χ2v) is 7.33. The molecule has 0 aliphatic carbocycles. The number of fused-ring (bicyclic) bond motifs is 2. The van der Waals surface area contributed by atoms with Gasteiger partial charge in [0, 0.05) is 38.8 Å². The van der Waals surface area contributed by atoms with E-state index < -0.39 is 17.3 Å². The molecule has 0 spiro atoms. The van der Waals surface area contributed by atoms with Gasteiger partial charge in [-0.2, -0.15) is 0 Å². The van der Waals surface area contributed by atoms with E-state index in [4.69, 9.17) is 0 Å². The van der Waals surface area contributed by atoms with Crippen LogP contribution in [0.5, 0.6) is 0 Å². The summed E-state index contributed by atoms with van der Waals surface area (Å²) in [5.74, 6) is -0.202. The molecule has 0 unspecified atom stereocenters. The third-order valence-corrected chi connectivity index (χ3v) is 5.61. The maximum atomic E-state index is 13.1. The van der Waals surface area contributed by atoms with E-state index in [1.807, 2.05) is 6.07 Å². The fourth-order valence-corrected chi connectivity index (χ4v) is 3.91. The molecule has 3 aromatic rings. The predicted octanol–water partition coefficient (Wildman–Crippen LogP) is 0.787. The Kier molecular flexibility index (Phi) is 4.25. The van der Waals surface area contributed by atoms with Gasteiger partial charge in [0.15, 0.2) is 16.9 Å². The molecule has 1 aliphatic rings. The van der Waals surface area contributed by atoms with E-state index in [1.54, 1.807) is 24.0 Å². The SMILES string of the molecule is CC(=O)N1CCc2cc(C(=O)[C@@H](C)n3cnc4c3c(=O)n(C)c(=O)n4C)ccc21. The topological polar surface area (TPSA) is 99.2 Å². The molecule has 0 N–H and O–H groups in total. The third-order valence-electron chi connectivity index (χ3n) is 5.61. The van der Waals surface area contributed by atoms with Gasteiger partial charge < -0.3 is 9.47 Å². The average Bonchev–Trinajstić information content (AvgIpc) is 3.33. The van der Waals surface area contributed by atoms with Gasteiger partial charge in [0.2, 0.25) is 5.91 Å².